The van der Waals surface area contributed by atoms with Crippen molar-refractivity contribution in [3.05, 3.63) is 12.2 Å². The molecule has 0 aliphatic carbocycles. The molecular formula is C23H42N4O4. The van der Waals surface area contributed by atoms with Crippen LogP contribution < -0.4 is 21.3 Å². The summed E-state index contributed by atoms with van der Waals surface area (Å²) in [6, 6.07) is -1.74. The van der Waals surface area contributed by atoms with Crippen LogP contribution in [-0.4, -0.2) is 55.2 Å². The van der Waals surface area contributed by atoms with E-state index in [0.717, 1.165) is 0 Å². The lowest BCUT2D eigenvalue weighted by atomic mass is 9.97. The zero-order valence-electron chi connectivity index (χ0n) is 20.2. The van der Waals surface area contributed by atoms with E-state index >= 15 is 0 Å². The van der Waals surface area contributed by atoms with Crippen LogP contribution in [0.15, 0.2) is 12.2 Å². The molecule has 0 fully saturated rings. The molecule has 0 aliphatic heterocycles. The summed E-state index contributed by atoms with van der Waals surface area (Å²) in [5.41, 5.74) is 0. The van der Waals surface area contributed by atoms with E-state index in [2.05, 4.69) is 21.3 Å². The number of hydrogen-bond donors (Lipinski definition) is 4. The molecule has 3 atom stereocenters. The van der Waals surface area contributed by atoms with Crippen molar-refractivity contribution in [3.8, 4) is 0 Å². The zero-order chi connectivity index (χ0) is 24.0. The van der Waals surface area contributed by atoms with Gasteiger partial charge in [-0.25, -0.2) is 0 Å². The molecule has 4 N–H and O–H groups in total. The van der Waals surface area contributed by atoms with Crippen molar-refractivity contribution >= 4 is 23.5 Å². The molecular weight excluding hydrogens is 396 g/mol. The lowest BCUT2D eigenvalue weighted by molar-refractivity contribution is -0.132. The minimum Gasteiger partial charge on any atom is -0.353 e. The first-order valence-corrected chi connectivity index (χ1v) is 11.3. The molecule has 0 aromatic carbocycles. The smallest absolute Gasteiger partial charge is 0.243 e. The highest BCUT2D eigenvalue weighted by Crippen LogP contribution is 2.09. The van der Waals surface area contributed by atoms with E-state index in [1.54, 1.807) is 40.8 Å². The fourth-order valence-electron chi connectivity index (χ4n) is 3.09. The first-order valence-electron chi connectivity index (χ1n) is 11.3. The molecule has 0 radical (unpaired) electrons. The number of carbonyl (C=O) groups excluding carboxylic acids is 4. The van der Waals surface area contributed by atoms with Gasteiger partial charge in [0, 0.05) is 12.5 Å². The molecule has 31 heavy (non-hydrogen) atoms. The van der Waals surface area contributed by atoms with Gasteiger partial charge < -0.3 is 21.3 Å². The van der Waals surface area contributed by atoms with E-state index in [0.29, 0.717) is 38.1 Å². The summed E-state index contributed by atoms with van der Waals surface area (Å²) >= 11 is 0. The number of allylic oxidation sites excluding steroid dienone is 1. The molecule has 0 aromatic rings. The summed E-state index contributed by atoms with van der Waals surface area (Å²) in [7, 11) is 1.72. The van der Waals surface area contributed by atoms with E-state index in [9.17, 15) is 19.2 Å². The lowest BCUT2D eigenvalue weighted by Crippen LogP contribution is -2.54. The standard InChI is InChI=1S/C23H42N4O4/c1-8-11-20(28)25-13-10-9-12-18(21(29)16(4)5)27-22(30)17(6)26-23(31)19(24-7)14-15(2)3/h8,11,15-19,24H,9-10,12-14H2,1-7H3,(H,25,28)(H,26,31)(H,27,30)/b11-8+/t17?,18-,19-/m0/s1. The molecule has 8 nitrogen and oxygen atoms in total. The van der Waals surface area contributed by atoms with Crippen LogP contribution in [-0.2, 0) is 19.2 Å². The Balaban J connectivity index is 4.77. The largest absolute Gasteiger partial charge is 0.353 e. The lowest BCUT2D eigenvalue weighted by Gasteiger charge is -2.24. The Labute approximate surface area is 187 Å². The molecule has 0 aromatic heterocycles. The summed E-state index contributed by atoms with van der Waals surface area (Å²) < 4.78 is 0. The maximum atomic E-state index is 12.6. The van der Waals surface area contributed by atoms with Gasteiger partial charge in [0.2, 0.25) is 17.7 Å². The van der Waals surface area contributed by atoms with Crippen molar-refractivity contribution < 1.29 is 19.2 Å². The molecule has 0 saturated carbocycles. The van der Waals surface area contributed by atoms with Crippen LogP contribution >= 0.6 is 0 Å². The van der Waals surface area contributed by atoms with E-state index < -0.39 is 12.1 Å². The monoisotopic (exact) mass is 438 g/mol. The predicted octanol–water partition coefficient (Wildman–Crippen LogP) is 1.70. The fourth-order valence-corrected chi connectivity index (χ4v) is 3.09. The van der Waals surface area contributed by atoms with Gasteiger partial charge in [0.15, 0.2) is 5.78 Å². The first kappa shape index (κ1) is 28.8. The van der Waals surface area contributed by atoms with Crippen LogP contribution in [0.4, 0.5) is 0 Å². The highest BCUT2D eigenvalue weighted by Gasteiger charge is 2.27. The third-order valence-electron chi connectivity index (χ3n) is 4.89. The number of unbranched alkanes of at least 4 members (excludes halogenated alkanes) is 1. The Morgan fingerprint density at radius 3 is 2.03 bits per heavy atom. The average molecular weight is 439 g/mol. The van der Waals surface area contributed by atoms with Gasteiger partial charge in [0.25, 0.3) is 0 Å². The number of amides is 3. The maximum absolute atomic E-state index is 12.6. The average Bonchev–Trinajstić information content (AvgIpc) is 2.69. The van der Waals surface area contributed by atoms with Crippen molar-refractivity contribution in [2.45, 2.75) is 85.4 Å². The molecule has 8 heteroatoms. The minimum atomic E-state index is -0.752. The van der Waals surface area contributed by atoms with Gasteiger partial charge in [0.05, 0.1) is 12.1 Å². The van der Waals surface area contributed by atoms with E-state index in [-0.39, 0.29) is 35.5 Å². The number of carbonyl (C=O) groups is 4. The Morgan fingerprint density at radius 2 is 1.52 bits per heavy atom. The van der Waals surface area contributed by atoms with Crippen LogP contribution in [0.25, 0.3) is 0 Å². The SMILES string of the molecule is C/C=C/C(=O)NCCCC[C@H](NC(=O)C(C)NC(=O)[C@H](CC(C)C)NC)C(=O)C(C)C. The van der Waals surface area contributed by atoms with Crippen LogP contribution in [0.3, 0.4) is 0 Å². The van der Waals surface area contributed by atoms with Gasteiger partial charge >= 0.3 is 0 Å². The third-order valence-corrected chi connectivity index (χ3v) is 4.89. The van der Waals surface area contributed by atoms with Gasteiger partial charge in [-0.1, -0.05) is 33.8 Å². The Bertz CT molecular complexity index is 617. The molecule has 3 amide bonds. The van der Waals surface area contributed by atoms with Crippen LogP contribution in [0.1, 0.15) is 67.2 Å². The molecule has 178 valence electrons. The number of likely N-dealkylation sites (N-methyl/N-ethyl adjacent to an activating group) is 1. The van der Waals surface area contributed by atoms with E-state index in [4.69, 9.17) is 0 Å². The summed E-state index contributed by atoms with van der Waals surface area (Å²) in [5.74, 6) is -0.687. The molecule has 0 rings (SSSR count). The normalized spacial score (nSPS) is 14.4. The highest BCUT2D eigenvalue weighted by molar-refractivity contribution is 5.94. The number of Topliss-reactive ketones (excluding diaryl/α,β-unsaturated/α-hetero) is 1. The Morgan fingerprint density at radius 1 is 0.871 bits per heavy atom. The molecule has 1 unspecified atom stereocenters. The summed E-state index contributed by atoms with van der Waals surface area (Å²) in [6.07, 6.45) is 5.65. The highest BCUT2D eigenvalue weighted by atomic mass is 16.2. The van der Waals surface area contributed by atoms with Gasteiger partial charge in [0.1, 0.15) is 6.04 Å². The second kappa shape index (κ2) is 15.6. The molecule has 0 aliphatic rings. The van der Waals surface area contributed by atoms with Crippen molar-refractivity contribution in [2.75, 3.05) is 13.6 Å². The van der Waals surface area contributed by atoms with Crippen molar-refractivity contribution in [2.24, 2.45) is 11.8 Å². The number of hydrogen-bond acceptors (Lipinski definition) is 5. The maximum Gasteiger partial charge on any atom is 0.243 e. The number of nitrogens with one attached hydrogen (secondary N) is 4. The van der Waals surface area contributed by atoms with Crippen LogP contribution in [0, 0.1) is 11.8 Å². The zero-order valence-corrected chi connectivity index (χ0v) is 20.2. The van der Waals surface area contributed by atoms with Crippen molar-refractivity contribution in [1.29, 1.82) is 0 Å². The second-order valence-corrected chi connectivity index (χ2v) is 8.61. The summed E-state index contributed by atoms with van der Waals surface area (Å²) in [6.45, 7) is 11.6. The number of rotatable bonds is 15. The Kier molecular flexibility index (Phi) is 14.4. The van der Waals surface area contributed by atoms with Gasteiger partial charge in [-0.15, -0.1) is 0 Å². The van der Waals surface area contributed by atoms with Gasteiger partial charge in [-0.3, -0.25) is 19.2 Å². The van der Waals surface area contributed by atoms with Crippen molar-refractivity contribution in [1.82, 2.24) is 21.3 Å². The number of ketones is 1. The summed E-state index contributed by atoms with van der Waals surface area (Å²) in [4.78, 5) is 49.1. The quantitative estimate of drug-likeness (QED) is 0.229. The molecule has 0 heterocycles. The second-order valence-electron chi connectivity index (χ2n) is 8.61. The topological polar surface area (TPSA) is 116 Å². The van der Waals surface area contributed by atoms with Gasteiger partial charge in [-0.05, 0) is 58.6 Å². The van der Waals surface area contributed by atoms with Gasteiger partial charge in [-0.2, -0.15) is 0 Å². The predicted molar refractivity (Wildman–Crippen MR) is 123 cm³/mol. The molecule has 0 spiro atoms. The van der Waals surface area contributed by atoms with E-state index in [1.807, 2.05) is 13.8 Å². The van der Waals surface area contributed by atoms with Crippen LogP contribution in [0.2, 0.25) is 0 Å². The van der Waals surface area contributed by atoms with Crippen LogP contribution in [0.5, 0.6) is 0 Å². The third kappa shape index (κ3) is 12.3. The Hall–Kier alpha value is -2.22. The minimum absolute atomic E-state index is 0.0438. The molecule has 0 bridgehead atoms. The summed E-state index contributed by atoms with van der Waals surface area (Å²) in [5, 5.41) is 11.3. The molecule has 0 saturated heterocycles. The van der Waals surface area contributed by atoms with Crippen molar-refractivity contribution in [3.63, 3.8) is 0 Å². The first-order chi connectivity index (χ1) is 14.5. The van der Waals surface area contributed by atoms with E-state index in [1.165, 1.54) is 6.08 Å². The fraction of sp³-hybridized carbons (Fsp3) is 0.739.